The van der Waals surface area contributed by atoms with E-state index in [1.165, 1.54) is 6.42 Å². The van der Waals surface area contributed by atoms with Crippen molar-refractivity contribution in [3.8, 4) is 5.75 Å². The third-order valence-corrected chi connectivity index (χ3v) is 3.10. The highest BCUT2D eigenvalue weighted by molar-refractivity contribution is 5.94. The van der Waals surface area contributed by atoms with Gasteiger partial charge in [0.05, 0.1) is 6.10 Å². The van der Waals surface area contributed by atoms with Crippen LogP contribution < -0.4 is 4.74 Å². The van der Waals surface area contributed by atoms with E-state index in [0.29, 0.717) is 0 Å². The van der Waals surface area contributed by atoms with Crippen molar-refractivity contribution in [1.82, 2.24) is 4.90 Å². The van der Waals surface area contributed by atoms with Crippen LogP contribution in [0.15, 0.2) is 24.3 Å². The maximum atomic E-state index is 12.3. The van der Waals surface area contributed by atoms with Crippen molar-refractivity contribution in [3.05, 3.63) is 29.8 Å². The Morgan fingerprint density at radius 2 is 1.94 bits per heavy atom. The van der Waals surface area contributed by atoms with E-state index in [4.69, 9.17) is 4.74 Å². The predicted molar refractivity (Wildman–Crippen MR) is 72.0 cm³/mol. The summed E-state index contributed by atoms with van der Waals surface area (Å²) < 4.78 is 5.62. The van der Waals surface area contributed by atoms with Gasteiger partial charge in [-0.2, -0.15) is 0 Å². The fraction of sp³-hybridized carbons (Fsp3) is 0.533. The maximum Gasteiger partial charge on any atom is 0.253 e. The molecule has 1 fully saturated rings. The van der Waals surface area contributed by atoms with E-state index in [1.807, 2.05) is 43.0 Å². The number of carbonyl (C=O) groups excluding carboxylic acids is 1. The molecule has 98 valence electrons. The molecule has 18 heavy (non-hydrogen) atoms. The molecule has 3 nitrogen and oxygen atoms in total. The van der Waals surface area contributed by atoms with Crippen molar-refractivity contribution in [3.63, 3.8) is 0 Å². The highest BCUT2D eigenvalue weighted by atomic mass is 16.5. The topological polar surface area (TPSA) is 29.5 Å². The van der Waals surface area contributed by atoms with Crippen molar-refractivity contribution < 1.29 is 9.53 Å². The smallest absolute Gasteiger partial charge is 0.253 e. The van der Waals surface area contributed by atoms with E-state index in [-0.39, 0.29) is 12.0 Å². The van der Waals surface area contributed by atoms with Crippen LogP contribution in [0.4, 0.5) is 0 Å². The van der Waals surface area contributed by atoms with E-state index in [1.54, 1.807) is 0 Å². The minimum Gasteiger partial charge on any atom is -0.491 e. The van der Waals surface area contributed by atoms with Crippen molar-refractivity contribution in [2.45, 2.75) is 39.2 Å². The summed E-state index contributed by atoms with van der Waals surface area (Å²) in [6.45, 7) is 5.74. The maximum absolute atomic E-state index is 12.3. The Balaban J connectivity index is 2.09. The summed E-state index contributed by atoms with van der Waals surface area (Å²) in [5.74, 6) is 0.900. The highest BCUT2D eigenvalue weighted by Crippen LogP contribution is 2.18. The number of ether oxygens (including phenoxy) is 1. The Hall–Kier alpha value is -1.51. The lowest BCUT2D eigenvalue weighted by atomic mass is 10.1. The van der Waals surface area contributed by atoms with Gasteiger partial charge in [-0.3, -0.25) is 4.79 Å². The molecule has 0 radical (unpaired) electrons. The molecule has 0 aromatic heterocycles. The summed E-state index contributed by atoms with van der Waals surface area (Å²) in [6, 6.07) is 7.49. The number of benzene rings is 1. The van der Waals surface area contributed by atoms with E-state index in [2.05, 4.69) is 0 Å². The van der Waals surface area contributed by atoms with Crippen LogP contribution >= 0.6 is 0 Å². The molecule has 3 heteroatoms. The molecule has 0 spiro atoms. The van der Waals surface area contributed by atoms with Crippen LogP contribution in [-0.2, 0) is 0 Å². The zero-order valence-corrected chi connectivity index (χ0v) is 11.2. The van der Waals surface area contributed by atoms with Gasteiger partial charge in [-0.25, -0.2) is 0 Å². The predicted octanol–water partition coefficient (Wildman–Crippen LogP) is 3.10. The summed E-state index contributed by atoms with van der Waals surface area (Å²) >= 11 is 0. The molecule has 0 bridgehead atoms. The molecule has 0 N–H and O–H groups in total. The molecule has 0 atom stereocenters. The van der Waals surface area contributed by atoms with E-state index in [0.717, 1.165) is 37.2 Å². The average Bonchev–Trinajstić information content (AvgIpc) is 2.38. The fourth-order valence-electron chi connectivity index (χ4n) is 2.25. The number of rotatable bonds is 3. The van der Waals surface area contributed by atoms with Crippen LogP contribution in [0.2, 0.25) is 0 Å². The second kappa shape index (κ2) is 5.89. The van der Waals surface area contributed by atoms with Gasteiger partial charge in [-0.05, 0) is 51.3 Å². The Morgan fingerprint density at radius 3 is 2.61 bits per heavy atom. The molecule has 1 heterocycles. The summed E-state index contributed by atoms with van der Waals surface area (Å²) in [5.41, 5.74) is 0.732. The second-order valence-electron chi connectivity index (χ2n) is 5.05. The molecule has 0 aliphatic carbocycles. The largest absolute Gasteiger partial charge is 0.491 e. The van der Waals surface area contributed by atoms with Gasteiger partial charge in [0, 0.05) is 18.7 Å². The summed E-state index contributed by atoms with van der Waals surface area (Å²) in [7, 11) is 0. The van der Waals surface area contributed by atoms with Gasteiger partial charge >= 0.3 is 0 Å². The second-order valence-corrected chi connectivity index (χ2v) is 5.05. The van der Waals surface area contributed by atoms with Gasteiger partial charge < -0.3 is 9.64 Å². The van der Waals surface area contributed by atoms with Crippen molar-refractivity contribution in [1.29, 1.82) is 0 Å². The molecular formula is C15H21NO2. The monoisotopic (exact) mass is 247 g/mol. The normalized spacial score (nSPS) is 15.8. The van der Waals surface area contributed by atoms with Gasteiger partial charge in [0.1, 0.15) is 5.75 Å². The third kappa shape index (κ3) is 3.25. The molecule has 1 aromatic carbocycles. The molecule has 1 saturated heterocycles. The zero-order chi connectivity index (χ0) is 13.0. The SMILES string of the molecule is CC(C)Oc1cccc(C(=O)N2CCCCC2)c1. The van der Waals surface area contributed by atoms with Gasteiger partial charge in [0.2, 0.25) is 0 Å². The van der Waals surface area contributed by atoms with Crippen LogP contribution in [0.5, 0.6) is 5.75 Å². The first-order valence-electron chi connectivity index (χ1n) is 6.73. The van der Waals surface area contributed by atoms with Gasteiger partial charge in [0.25, 0.3) is 5.91 Å². The molecule has 0 unspecified atom stereocenters. The van der Waals surface area contributed by atoms with Crippen molar-refractivity contribution >= 4 is 5.91 Å². The fourth-order valence-corrected chi connectivity index (χ4v) is 2.25. The Bertz CT molecular complexity index is 409. The van der Waals surface area contributed by atoms with Crippen LogP contribution in [0.25, 0.3) is 0 Å². The number of hydrogen-bond donors (Lipinski definition) is 0. The lowest BCUT2D eigenvalue weighted by Crippen LogP contribution is -2.35. The Morgan fingerprint density at radius 1 is 1.22 bits per heavy atom. The van der Waals surface area contributed by atoms with Gasteiger partial charge in [-0.15, -0.1) is 0 Å². The summed E-state index contributed by atoms with van der Waals surface area (Å²) in [5, 5.41) is 0. The molecule has 1 aliphatic rings. The van der Waals surface area contributed by atoms with Crippen LogP contribution in [0.3, 0.4) is 0 Å². The molecule has 2 rings (SSSR count). The van der Waals surface area contributed by atoms with Crippen LogP contribution in [-0.4, -0.2) is 30.0 Å². The third-order valence-electron chi connectivity index (χ3n) is 3.10. The molecule has 1 aliphatic heterocycles. The van der Waals surface area contributed by atoms with Crippen LogP contribution in [0, 0.1) is 0 Å². The van der Waals surface area contributed by atoms with Gasteiger partial charge in [-0.1, -0.05) is 6.07 Å². The number of hydrogen-bond acceptors (Lipinski definition) is 2. The van der Waals surface area contributed by atoms with Gasteiger partial charge in [0.15, 0.2) is 0 Å². The number of likely N-dealkylation sites (tertiary alicyclic amines) is 1. The minimum absolute atomic E-state index is 0.129. The first kappa shape index (κ1) is 12.9. The zero-order valence-electron chi connectivity index (χ0n) is 11.2. The molecule has 1 aromatic rings. The Kier molecular flexibility index (Phi) is 4.24. The molecule has 0 saturated carbocycles. The van der Waals surface area contributed by atoms with E-state index in [9.17, 15) is 4.79 Å². The lowest BCUT2D eigenvalue weighted by Gasteiger charge is -2.26. The molecular weight excluding hydrogens is 226 g/mol. The number of carbonyl (C=O) groups is 1. The van der Waals surface area contributed by atoms with E-state index >= 15 is 0 Å². The number of nitrogens with zero attached hydrogens (tertiary/aromatic N) is 1. The summed E-state index contributed by atoms with van der Waals surface area (Å²) in [4.78, 5) is 14.3. The quantitative estimate of drug-likeness (QED) is 0.821. The van der Waals surface area contributed by atoms with Crippen LogP contribution in [0.1, 0.15) is 43.5 Å². The standard InChI is InChI=1S/C15H21NO2/c1-12(2)18-14-8-6-7-13(11-14)15(17)16-9-4-3-5-10-16/h6-8,11-12H,3-5,9-10H2,1-2H3. The minimum atomic E-state index is 0.129. The molecule has 1 amide bonds. The first-order chi connectivity index (χ1) is 8.66. The highest BCUT2D eigenvalue weighted by Gasteiger charge is 2.18. The lowest BCUT2D eigenvalue weighted by molar-refractivity contribution is 0.0723. The average molecular weight is 247 g/mol. The van der Waals surface area contributed by atoms with Crippen molar-refractivity contribution in [2.24, 2.45) is 0 Å². The Labute approximate surface area is 109 Å². The first-order valence-corrected chi connectivity index (χ1v) is 6.73. The van der Waals surface area contributed by atoms with Crippen molar-refractivity contribution in [2.75, 3.05) is 13.1 Å². The van der Waals surface area contributed by atoms with E-state index < -0.39 is 0 Å². The number of piperidine rings is 1. The summed E-state index contributed by atoms with van der Waals surface area (Å²) in [6.07, 6.45) is 3.60. The number of amides is 1.